The first-order chi connectivity index (χ1) is 15.4. The highest BCUT2D eigenvalue weighted by atomic mass is 16.7. The normalized spacial score (nSPS) is 22.7. The number of Topliss-reactive ketones (excluding diaryl/α,β-unsaturated/α-hetero) is 1. The van der Waals surface area contributed by atoms with Crippen LogP contribution in [0.3, 0.4) is 0 Å². The van der Waals surface area contributed by atoms with Gasteiger partial charge in [0.2, 0.25) is 6.79 Å². The van der Waals surface area contributed by atoms with E-state index in [4.69, 9.17) is 14.2 Å². The molecule has 1 aromatic rings. The molecule has 1 atom stereocenters. The van der Waals surface area contributed by atoms with Crippen LogP contribution in [0.1, 0.15) is 63.4 Å². The molecule has 32 heavy (non-hydrogen) atoms. The Balaban J connectivity index is 1.66. The maximum absolute atomic E-state index is 13.4. The van der Waals surface area contributed by atoms with Crippen LogP contribution >= 0.6 is 0 Å². The first-order valence-corrected chi connectivity index (χ1v) is 11.0. The van der Waals surface area contributed by atoms with Crippen LogP contribution in [0.25, 0.3) is 0 Å². The van der Waals surface area contributed by atoms with E-state index in [1.54, 1.807) is 6.92 Å². The lowest BCUT2D eigenvalue weighted by atomic mass is 9.74. The molecule has 1 fully saturated rings. The number of nitrogens with zero attached hydrogens (tertiary/aromatic N) is 1. The van der Waals surface area contributed by atoms with E-state index in [2.05, 4.69) is 5.32 Å². The molecule has 9 nitrogen and oxygen atoms in total. The summed E-state index contributed by atoms with van der Waals surface area (Å²) >= 11 is 0. The van der Waals surface area contributed by atoms with Gasteiger partial charge in [-0.3, -0.25) is 14.9 Å². The molecule has 0 spiro atoms. The summed E-state index contributed by atoms with van der Waals surface area (Å²) in [7, 11) is 0. The highest BCUT2D eigenvalue weighted by molar-refractivity contribution is 6.04. The summed E-state index contributed by atoms with van der Waals surface area (Å²) < 4.78 is 16.6. The van der Waals surface area contributed by atoms with Crippen molar-refractivity contribution in [2.24, 2.45) is 0 Å². The Morgan fingerprint density at radius 3 is 2.59 bits per heavy atom. The summed E-state index contributed by atoms with van der Waals surface area (Å²) in [6.07, 6.45) is 5.08. The average molecular weight is 440 g/mol. The lowest BCUT2D eigenvalue weighted by molar-refractivity contribution is -0.385. The maximum atomic E-state index is 13.4. The Hall–Kier alpha value is -3.36. The molecule has 2 heterocycles. The predicted octanol–water partition coefficient (Wildman–Crippen LogP) is 3.78. The molecule has 9 heteroatoms. The molecule has 0 saturated heterocycles. The van der Waals surface area contributed by atoms with Crippen LogP contribution < -0.4 is 14.8 Å². The summed E-state index contributed by atoms with van der Waals surface area (Å²) in [6.45, 7) is 1.71. The van der Waals surface area contributed by atoms with Crippen molar-refractivity contribution in [3.8, 4) is 11.5 Å². The van der Waals surface area contributed by atoms with Crippen LogP contribution in [0, 0.1) is 10.1 Å². The molecule has 1 saturated carbocycles. The van der Waals surface area contributed by atoms with E-state index in [1.807, 2.05) is 0 Å². The third-order valence-electron chi connectivity index (χ3n) is 6.60. The third-order valence-corrected chi connectivity index (χ3v) is 6.60. The Labute approximate surface area is 184 Å². The number of ether oxygens (including phenoxy) is 3. The van der Waals surface area contributed by atoms with Gasteiger partial charge in [-0.1, -0.05) is 0 Å². The molecule has 0 radical (unpaired) electrons. The molecule has 168 valence electrons. The number of nitro groups is 1. The van der Waals surface area contributed by atoms with Crippen molar-refractivity contribution in [2.75, 3.05) is 6.79 Å². The predicted molar refractivity (Wildman–Crippen MR) is 112 cm³/mol. The van der Waals surface area contributed by atoms with Crippen LogP contribution in [-0.4, -0.2) is 29.6 Å². The fourth-order valence-corrected chi connectivity index (χ4v) is 5.12. The lowest BCUT2D eigenvalue weighted by Crippen LogP contribution is -2.35. The fourth-order valence-electron chi connectivity index (χ4n) is 5.12. The molecular formula is C23H24N2O7. The first kappa shape index (κ1) is 20.5. The van der Waals surface area contributed by atoms with Crippen molar-refractivity contribution >= 4 is 17.4 Å². The van der Waals surface area contributed by atoms with Crippen LogP contribution in [-0.2, 0) is 14.3 Å². The number of fused-ring (bicyclic) bond motifs is 1. The largest absolute Gasteiger partial charge is 0.459 e. The number of rotatable bonds is 4. The second-order valence-corrected chi connectivity index (χ2v) is 8.60. The van der Waals surface area contributed by atoms with Crippen molar-refractivity contribution in [2.45, 2.75) is 63.9 Å². The third kappa shape index (κ3) is 3.41. The zero-order valence-electron chi connectivity index (χ0n) is 17.8. The number of carbonyl (C=O) groups is 2. The molecule has 0 amide bonds. The number of hydrogen-bond acceptors (Lipinski definition) is 8. The number of benzene rings is 1. The smallest absolute Gasteiger partial charge is 0.337 e. The topological polar surface area (TPSA) is 117 Å². The van der Waals surface area contributed by atoms with E-state index in [0.29, 0.717) is 42.0 Å². The molecule has 0 aromatic heterocycles. The molecule has 0 bridgehead atoms. The summed E-state index contributed by atoms with van der Waals surface area (Å²) in [6, 6.07) is 2.83. The van der Waals surface area contributed by atoms with Crippen molar-refractivity contribution in [3.63, 3.8) is 0 Å². The minimum Gasteiger partial charge on any atom is -0.459 e. The van der Waals surface area contributed by atoms with Crippen LogP contribution in [0.5, 0.6) is 11.5 Å². The summed E-state index contributed by atoms with van der Waals surface area (Å²) in [5, 5.41) is 15.2. The second kappa shape index (κ2) is 7.96. The molecule has 1 aromatic carbocycles. The van der Waals surface area contributed by atoms with Crippen molar-refractivity contribution in [1.29, 1.82) is 0 Å². The minimum absolute atomic E-state index is 0.0412. The number of esters is 1. The van der Waals surface area contributed by atoms with Gasteiger partial charge in [-0.05, 0) is 51.5 Å². The summed E-state index contributed by atoms with van der Waals surface area (Å²) in [5.41, 5.74) is 1.94. The van der Waals surface area contributed by atoms with Crippen molar-refractivity contribution in [3.05, 3.63) is 50.4 Å². The number of carbonyl (C=O) groups excluding carboxylic acids is 2. The molecule has 2 aliphatic heterocycles. The van der Waals surface area contributed by atoms with Crippen molar-refractivity contribution in [1.82, 2.24) is 5.32 Å². The Morgan fingerprint density at radius 2 is 1.88 bits per heavy atom. The minimum atomic E-state index is -0.900. The molecule has 2 aliphatic carbocycles. The standard InChI is InChI=1S/C23H24N2O7/c1-12-20(23(27)32-13-5-2-3-6-13)21(22-15(24-12)7-4-8-17(22)26)14-9-18-19(31-11-30-18)10-16(14)25(28)29/h9-10,13,21,24H,2-8,11H2,1H3/t21-/m1/s1. The van der Waals surface area contributed by atoms with Gasteiger partial charge in [-0.2, -0.15) is 0 Å². The van der Waals surface area contributed by atoms with E-state index in [1.165, 1.54) is 12.1 Å². The monoisotopic (exact) mass is 440 g/mol. The Bertz CT molecular complexity index is 1080. The molecule has 1 N–H and O–H groups in total. The first-order valence-electron chi connectivity index (χ1n) is 11.0. The van der Waals surface area contributed by atoms with Crippen LogP contribution in [0.4, 0.5) is 5.69 Å². The van der Waals surface area contributed by atoms with Crippen molar-refractivity contribution < 1.29 is 28.7 Å². The van der Waals surface area contributed by atoms with E-state index in [-0.39, 0.29) is 41.3 Å². The van der Waals surface area contributed by atoms with Crippen LogP contribution in [0.15, 0.2) is 34.7 Å². The SMILES string of the molecule is CC1=C(C(=O)OC2CCCC2)[C@@H](c2cc3c(cc2[N+](=O)[O-])OCO3)C2=C(CCCC2=O)N1. The van der Waals surface area contributed by atoms with Gasteiger partial charge in [0.15, 0.2) is 17.3 Å². The number of nitrogens with one attached hydrogen (secondary N) is 1. The highest BCUT2D eigenvalue weighted by Gasteiger charge is 2.43. The summed E-state index contributed by atoms with van der Waals surface area (Å²) in [4.78, 5) is 37.9. The Kier molecular flexibility index (Phi) is 5.11. The van der Waals surface area contributed by atoms with Gasteiger partial charge >= 0.3 is 5.97 Å². The van der Waals surface area contributed by atoms with Gasteiger partial charge < -0.3 is 19.5 Å². The molecule has 5 rings (SSSR count). The lowest BCUT2D eigenvalue weighted by Gasteiger charge is -2.34. The van der Waals surface area contributed by atoms with E-state index < -0.39 is 16.8 Å². The van der Waals surface area contributed by atoms with Gasteiger partial charge in [-0.25, -0.2) is 4.79 Å². The number of nitro benzene ring substituents is 1. The van der Waals surface area contributed by atoms with Gasteiger partial charge in [0.25, 0.3) is 5.69 Å². The molecule has 0 unspecified atom stereocenters. The molecule has 4 aliphatic rings. The number of ketones is 1. The zero-order valence-corrected chi connectivity index (χ0v) is 17.8. The van der Waals surface area contributed by atoms with Gasteiger partial charge in [-0.15, -0.1) is 0 Å². The fraction of sp³-hybridized carbons (Fsp3) is 0.478. The summed E-state index contributed by atoms with van der Waals surface area (Å²) in [5.74, 6) is -0.925. The second-order valence-electron chi connectivity index (χ2n) is 8.60. The van der Waals surface area contributed by atoms with E-state index >= 15 is 0 Å². The van der Waals surface area contributed by atoms with Gasteiger partial charge in [0.05, 0.1) is 22.5 Å². The average Bonchev–Trinajstić information content (AvgIpc) is 3.43. The number of dihydropyridines is 1. The van der Waals surface area contributed by atoms with Gasteiger partial charge in [0.1, 0.15) is 6.10 Å². The van der Waals surface area contributed by atoms with Gasteiger partial charge in [0, 0.05) is 29.0 Å². The van der Waals surface area contributed by atoms with Crippen LogP contribution in [0.2, 0.25) is 0 Å². The zero-order chi connectivity index (χ0) is 22.4. The van der Waals surface area contributed by atoms with E-state index in [0.717, 1.165) is 25.7 Å². The highest BCUT2D eigenvalue weighted by Crippen LogP contribution is 2.49. The number of allylic oxidation sites excluding steroid dienone is 3. The molecular weight excluding hydrogens is 416 g/mol. The maximum Gasteiger partial charge on any atom is 0.337 e. The van der Waals surface area contributed by atoms with E-state index in [9.17, 15) is 19.7 Å². The number of hydrogen-bond donors (Lipinski definition) is 1. The Morgan fingerprint density at radius 1 is 1.16 bits per heavy atom. The quantitative estimate of drug-likeness (QED) is 0.427.